The summed E-state index contributed by atoms with van der Waals surface area (Å²) in [5.41, 5.74) is -1.39. The molecule has 3 aliphatic heterocycles. The number of halogens is 2. The molecule has 3 aromatic carbocycles. The zero-order chi connectivity index (χ0) is 26.1. The Labute approximate surface area is 223 Å². The van der Waals surface area contributed by atoms with Crippen LogP contribution < -0.4 is 9.64 Å². The first-order chi connectivity index (χ1) is 17.7. The summed E-state index contributed by atoms with van der Waals surface area (Å²) in [5, 5.41) is 22.6. The van der Waals surface area contributed by atoms with Gasteiger partial charge in [0.25, 0.3) is 0 Å². The van der Waals surface area contributed by atoms with Gasteiger partial charge in [-0.2, -0.15) is 5.26 Å². The number of hydrogen-bond donors (Lipinski definition) is 1. The van der Waals surface area contributed by atoms with Crippen LogP contribution in [0.4, 0.5) is 5.69 Å². The Hall–Kier alpha value is -3.15. The zero-order valence-corrected chi connectivity index (χ0v) is 21.3. The van der Waals surface area contributed by atoms with E-state index in [1.165, 1.54) is 4.90 Å². The average molecular weight is 537 g/mol. The lowest BCUT2D eigenvalue weighted by Gasteiger charge is -2.33. The molecule has 0 saturated carbocycles. The van der Waals surface area contributed by atoms with Crippen molar-refractivity contribution in [3.05, 3.63) is 70.2 Å². The van der Waals surface area contributed by atoms with E-state index in [1.807, 2.05) is 6.07 Å². The van der Waals surface area contributed by atoms with Crippen molar-refractivity contribution in [1.29, 1.82) is 5.26 Å². The number of fused-ring (bicyclic) bond motifs is 6. The highest BCUT2D eigenvalue weighted by molar-refractivity contribution is 6.35. The van der Waals surface area contributed by atoms with Crippen molar-refractivity contribution in [3.8, 4) is 11.8 Å². The summed E-state index contributed by atoms with van der Waals surface area (Å²) in [6.07, 6.45) is -0.424. The number of aliphatic hydroxyl groups excluding tert-OH is 1. The quantitative estimate of drug-likeness (QED) is 0.466. The molecule has 37 heavy (non-hydrogen) atoms. The van der Waals surface area contributed by atoms with Gasteiger partial charge in [-0.1, -0.05) is 47.5 Å². The second-order valence-corrected chi connectivity index (χ2v) is 10.8. The minimum absolute atomic E-state index is 0.161. The van der Waals surface area contributed by atoms with Crippen LogP contribution in [-0.4, -0.2) is 40.8 Å². The maximum absolute atomic E-state index is 14.0. The Morgan fingerprint density at radius 3 is 2.57 bits per heavy atom. The number of carbonyl (C=O) groups excluding carboxylic acids is 2. The van der Waals surface area contributed by atoms with Gasteiger partial charge in [-0.3, -0.25) is 9.59 Å². The van der Waals surface area contributed by atoms with Crippen molar-refractivity contribution in [2.24, 2.45) is 11.8 Å². The van der Waals surface area contributed by atoms with Crippen LogP contribution in [0.1, 0.15) is 25.3 Å². The monoisotopic (exact) mass is 536 g/mol. The van der Waals surface area contributed by atoms with E-state index >= 15 is 0 Å². The molecule has 0 unspecified atom stereocenters. The molecule has 5 atom stereocenters. The van der Waals surface area contributed by atoms with Crippen LogP contribution in [0.25, 0.3) is 10.8 Å². The number of benzene rings is 3. The highest BCUT2D eigenvalue weighted by Crippen LogP contribution is 2.62. The minimum Gasteiger partial charge on any atom is -0.492 e. The molecular weight excluding hydrogens is 515 g/mol. The first-order valence-electron chi connectivity index (χ1n) is 12.0. The highest BCUT2D eigenvalue weighted by Gasteiger charge is 2.77. The van der Waals surface area contributed by atoms with Gasteiger partial charge in [0.1, 0.15) is 11.4 Å². The van der Waals surface area contributed by atoms with Gasteiger partial charge in [-0.25, -0.2) is 4.90 Å². The molecule has 188 valence electrons. The molecule has 1 N–H and O–H groups in total. The van der Waals surface area contributed by atoms with Crippen molar-refractivity contribution in [3.63, 3.8) is 0 Å². The van der Waals surface area contributed by atoms with Crippen LogP contribution in [0, 0.1) is 23.2 Å². The smallest absolute Gasteiger partial charge is 0.240 e. The topological polar surface area (TPSA) is 99.9 Å². The molecule has 9 heteroatoms. The maximum atomic E-state index is 14.0. The second kappa shape index (κ2) is 8.44. The summed E-state index contributed by atoms with van der Waals surface area (Å²) < 4.78 is 12.2. The number of hydrogen-bond acceptors (Lipinski definition) is 6. The zero-order valence-electron chi connectivity index (χ0n) is 19.8. The molecule has 0 spiro atoms. The van der Waals surface area contributed by atoms with Crippen LogP contribution in [0.15, 0.2) is 54.6 Å². The molecular formula is C28H22Cl2N2O5. The van der Waals surface area contributed by atoms with Gasteiger partial charge in [0.05, 0.1) is 52.5 Å². The summed E-state index contributed by atoms with van der Waals surface area (Å²) in [6, 6.07) is 17.5. The van der Waals surface area contributed by atoms with Gasteiger partial charge in [-0.05, 0) is 37.3 Å². The van der Waals surface area contributed by atoms with Crippen LogP contribution in [0.2, 0.25) is 10.0 Å². The lowest BCUT2D eigenvalue weighted by molar-refractivity contribution is -0.134. The van der Waals surface area contributed by atoms with E-state index < -0.39 is 35.0 Å². The third-order valence-electron chi connectivity index (χ3n) is 8.05. The maximum Gasteiger partial charge on any atom is 0.240 e. The Bertz CT molecular complexity index is 1520. The SMILES string of the molecule is C[C@]12O[C@](CCOc3ccc(Cl)cc3Cl)(C[C@@H]1O)[C@H]1C(=O)N(c3ccc(C#N)c4ccccc34)C(=O)[C@H]12. The average Bonchev–Trinajstić information content (AvgIpc) is 3.41. The fourth-order valence-corrected chi connectivity index (χ4v) is 6.83. The number of aliphatic hydroxyl groups is 1. The van der Waals surface area contributed by atoms with Gasteiger partial charge >= 0.3 is 0 Å². The molecule has 3 aromatic rings. The number of amides is 2. The normalized spacial score (nSPS) is 30.1. The van der Waals surface area contributed by atoms with E-state index in [0.717, 1.165) is 0 Å². The Morgan fingerprint density at radius 2 is 1.84 bits per heavy atom. The van der Waals surface area contributed by atoms with Gasteiger partial charge in [-0.15, -0.1) is 0 Å². The van der Waals surface area contributed by atoms with E-state index in [9.17, 15) is 20.0 Å². The largest absolute Gasteiger partial charge is 0.492 e. The van der Waals surface area contributed by atoms with Crippen molar-refractivity contribution in [2.45, 2.75) is 37.1 Å². The molecule has 0 radical (unpaired) electrons. The number of nitrogens with zero attached hydrogens (tertiary/aromatic N) is 2. The summed E-state index contributed by atoms with van der Waals surface area (Å²) in [5.74, 6) is -1.94. The van der Waals surface area contributed by atoms with E-state index in [1.54, 1.807) is 55.5 Å². The molecule has 2 amide bonds. The third kappa shape index (κ3) is 3.40. The predicted octanol–water partition coefficient (Wildman–Crippen LogP) is 4.89. The fourth-order valence-electron chi connectivity index (χ4n) is 6.36. The molecule has 3 fully saturated rings. The number of anilines is 1. The number of carbonyl (C=O) groups is 2. The van der Waals surface area contributed by atoms with Crippen molar-refractivity contribution < 1.29 is 24.2 Å². The lowest BCUT2D eigenvalue weighted by atomic mass is 9.66. The number of ether oxygens (including phenoxy) is 2. The van der Waals surface area contributed by atoms with Crippen LogP contribution in [0.3, 0.4) is 0 Å². The highest BCUT2D eigenvalue weighted by atomic mass is 35.5. The summed E-state index contributed by atoms with van der Waals surface area (Å²) >= 11 is 12.2. The van der Waals surface area contributed by atoms with Crippen LogP contribution in [-0.2, 0) is 14.3 Å². The third-order valence-corrected chi connectivity index (χ3v) is 8.58. The summed E-state index contributed by atoms with van der Waals surface area (Å²) in [4.78, 5) is 29.0. The fraction of sp³-hybridized carbons (Fsp3) is 0.321. The molecule has 2 bridgehead atoms. The number of imide groups is 1. The van der Waals surface area contributed by atoms with Gasteiger partial charge in [0, 0.05) is 28.6 Å². The molecule has 6 rings (SSSR count). The Balaban J connectivity index is 1.35. The van der Waals surface area contributed by atoms with Gasteiger partial charge in [0.2, 0.25) is 11.8 Å². The van der Waals surface area contributed by atoms with E-state index in [-0.39, 0.29) is 25.4 Å². The first-order valence-corrected chi connectivity index (χ1v) is 12.7. The molecule has 3 saturated heterocycles. The number of rotatable bonds is 5. The molecule has 0 aliphatic carbocycles. The Morgan fingerprint density at radius 1 is 1.11 bits per heavy atom. The van der Waals surface area contributed by atoms with Crippen LogP contribution in [0.5, 0.6) is 5.75 Å². The molecule has 3 aliphatic rings. The lowest BCUT2D eigenvalue weighted by Crippen LogP contribution is -2.49. The predicted molar refractivity (Wildman–Crippen MR) is 138 cm³/mol. The standard InChI is InChI=1S/C28H22Cl2N2O5/c1-27-22(33)13-28(37-27,10-11-36-21-9-7-16(29)12-19(21)30)24-23(27)25(34)32(26(24)35)20-8-6-15(14-31)17-4-2-3-5-18(17)20/h2-9,12,22-24,33H,10-11,13H2,1H3/t22-,23-,24+,27-,28+/m0/s1. The van der Waals surface area contributed by atoms with Crippen molar-refractivity contribution >= 4 is 51.5 Å². The van der Waals surface area contributed by atoms with Crippen LogP contribution >= 0.6 is 23.2 Å². The second-order valence-electron chi connectivity index (χ2n) is 10.0. The van der Waals surface area contributed by atoms with Crippen molar-refractivity contribution in [1.82, 2.24) is 0 Å². The molecule has 0 aromatic heterocycles. The molecule has 3 heterocycles. The van der Waals surface area contributed by atoms with Gasteiger partial charge in [0.15, 0.2) is 0 Å². The number of nitriles is 1. The van der Waals surface area contributed by atoms with E-state index in [0.29, 0.717) is 37.8 Å². The molecule has 7 nitrogen and oxygen atoms in total. The minimum atomic E-state index is -1.20. The van der Waals surface area contributed by atoms with Gasteiger partial charge < -0.3 is 14.6 Å². The van der Waals surface area contributed by atoms with E-state index in [2.05, 4.69) is 6.07 Å². The summed E-state index contributed by atoms with van der Waals surface area (Å²) in [6.45, 7) is 1.86. The first kappa shape index (κ1) is 24.2. The summed E-state index contributed by atoms with van der Waals surface area (Å²) in [7, 11) is 0. The van der Waals surface area contributed by atoms with Crippen molar-refractivity contribution in [2.75, 3.05) is 11.5 Å². The Kier molecular flexibility index (Phi) is 5.52. The van der Waals surface area contributed by atoms with E-state index in [4.69, 9.17) is 32.7 Å².